The lowest BCUT2D eigenvalue weighted by Crippen LogP contribution is -2.40. The maximum absolute atomic E-state index is 13.0. The van der Waals surface area contributed by atoms with Crippen LogP contribution in [0, 0.1) is 25.7 Å². The van der Waals surface area contributed by atoms with Crippen molar-refractivity contribution in [2.75, 3.05) is 20.2 Å². The van der Waals surface area contributed by atoms with Crippen molar-refractivity contribution < 1.29 is 19.1 Å². The molecular weight excluding hydrogens is 426 g/mol. The Labute approximate surface area is 193 Å². The molecule has 7 nitrogen and oxygen atoms in total. The molecule has 0 radical (unpaired) electrons. The number of amides is 2. The highest BCUT2D eigenvalue weighted by Gasteiger charge is 2.30. The molecule has 1 aliphatic heterocycles. The van der Waals surface area contributed by atoms with E-state index < -0.39 is 5.97 Å². The number of thiophene rings is 1. The normalized spacial score (nSPS) is 15.6. The molecule has 1 saturated heterocycles. The van der Waals surface area contributed by atoms with Gasteiger partial charge in [0.15, 0.2) is 0 Å². The molecule has 3 rings (SSSR count). The fourth-order valence-electron chi connectivity index (χ4n) is 4.40. The van der Waals surface area contributed by atoms with Gasteiger partial charge in [-0.3, -0.25) is 9.59 Å². The average Bonchev–Trinajstić information content (AvgIpc) is 3.39. The van der Waals surface area contributed by atoms with Crippen molar-refractivity contribution in [3.8, 4) is 0 Å². The molecule has 0 aliphatic carbocycles. The first kappa shape index (κ1) is 24.0. The molecular formula is C24H33N3O4S. The summed E-state index contributed by atoms with van der Waals surface area (Å²) in [4.78, 5) is 43.8. The van der Waals surface area contributed by atoms with Crippen LogP contribution < -0.4 is 5.32 Å². The van der Waals surface area contributed by atoms with Gasteiger partial charge in [0.2, 0.25) is 5.91 Å². The summed E-state index contributed by atoms with van der Waals surface area (Å²) in [6.45, 7) is 8.95. The Morgan fingerprint density at radius 2 is 1.94 bits per heavy atom. The molecule has 0 saturated carbocycles. The Bertz CT molecular complexity index is 956. The SMILES string of the molecule is COC(=O)c1c(C)[nH]c(C(=O)N2CCC(CC(=O)N[C@@H](c3cccs3)C(C)C)CC2)c1C. The van der Waals surface area contributed by atoms with Crippen molar-refractivity contribution in [2.24, 2.45) is 11.8 Å². The van der Waals surface area contributed by atoms with Crippen molar-refractivity contribution in [1.82, 2.24) is 15.2 Å². The minimum absolute atomic E-state index is 0.0345. The number of nitrogens with zero attached hydrogens (tertiary/aromatic N) is 1. The van der Waals surface area contributed by atoms with E-state index in [9.17, 15) is 14.4 Å². The lowest BCUT2D eigenvalue weighted by atomic mass is 9.92. The highest BCUT2D eigenvalue weighted by Crippen LogP contribution is 2.28. The molecule has 0 bridgehead atoms. The van der Waals surface area contributed by atoms with Crippen LogP contribution in [0.2, 0.25) is 0 Å². The molecule has 0 spiro atoms. The Morgan fingerprint density at radius 3 is 2.50 bits per heavy atom. The predicted molar refractivity (Wildman–Crippen MR) is 125 cm³/mol. The molecule has 2 N–H and O–H groups in total. The first-order valence-corrected chi connectivity index (χ1v) is 12.0. The predicted octanol–water partition coefficient (Wildman–Crippen LogP) is 4.24. The number of likely N-dealkylation sites (tertiary alicyclic amines) is 1. The molecule has 0 aromatic carbocycles. The van der Waals surface area contributed by atoms with Gasteiger partial charge in [-0.15, -0.1) is 11.3 Å². The third kappa shape index (κ3) is 5.23. The zero-order chi connectivity index (χ0) is 23.4. The van der Waals surface area contributed by atoms with Gasteiger partial charge in [0, 0.05) is 30.1 Å². The summed E-state index contributed by atoms with van der Waals surface area (Å²) in [6.07, 6.45) is 2.05. The second kappa shape index (κ2) is 10.3. The van der Waals surface area contributed by atoms with Crippen molar-refractivity contribution in [3.05, 3.63) is 44.9 Å². The second-order valence-electron chi connectivity index (χ2n) is 8.86. The molecule has 0 unspecified atom stereocenters. The monoisotopic (exact) mass is 459 g/mol. The summed E-state index contributed by atoms with van der Waals surface area (Å²) in [7, 11) is 1.33. The van der Waals surface area contributed by atoms with E-state index in [4.69, 9.17) is 4.74 Å². The van der Waals surface area contributed by atoms with E-state index in [-0.39, 0.29) is 23.8 Å². The van der Waals surface area contributed by atoms with Gasteiger partial charge in [0.05, 0.1) is 18.7 Å². The lowest BCUT2D eigenvalue weighted by Gasteiger charge is -2.32. The van der Waals surface area contributed by atoms with Crippen LogP contribution in [0.15, 0.2) is 17.5 Å². The number of hydrogen-bond donors (Lipinski definition) is 2. The summed E-state index contributed by atoms with van der Waals surface area (Å²) in [5.74, 6) is 0.0932. The van der Waals surface area contributed by atoms with E-state index in [1.165, 1.54) is 12.0 Å². The summed E-state index contributed by atoms with van der Waals surface area (Å²) in [6, 6.07) is 4.11. The van der Waals surface area contributed by atoms with Gasteiger partial charge >= 0.3 is 5.97 Å². The maximum atomic E-state index is 13.0. The fraction of sp³-hybridized carbons (Fsp3) is 0.542. The fourth-order valence-corrected chi connectivity index (χ4v) is 5.35. The van der Waals surface area contributed by atoms with Crippen molar-refractivity contribution in [1.29, 1.82) is 0 Å². The Kier molecular flexibility index (Phi) is 7.77. The average molecular weight is 460 g/mol. The minimum Gasteiger partial charge on any atom is -0.465 e. The lowest BCUT2D eigenvalue weighted by molar-refractivity contribution is -0.123. The van der Waals surface area contributed by atoms with Crippen LogP contribution in [0.1, 0.15) is 76.1 Å². The molecule has 3 heterocycles. The summed E-state index contributed by atoms with van der Waals surface area (Å²) in [5.41, 5.74) is 2.12. The summed E-state index contributed by atoms with van der Waals surface area (Å²) >= 11 is 1.66. The van der Waals surface area contributed by atoms with Gasteiger partial charge in [0.25, 0.3) is 5.91 Å². The third-order valence-electron chi connectivity index (χ3n) is 6.25. The van der Waals surface area contributed by atoms with Crippen molar-refractivity contribution in [2.45, 2.75) is 53.0 Å². The van der Waals surface area contributed by atoms with E-state index in [1.54, 1.807) is 30.1 Å². The van der Waals surface area contributed by atoms with Crippen LogP contribution in [0.5, 0.6) is 0 Å². The van der Waals surface area contributed by atoms with E-state index in [0.29, 0.717) is 47.9 Å². The molecule has 1 atom stereocenters. The zero-order valence-corrected chi connectivity index (χ0v) is 20.3. The van der Waals surface area contributed by atoms with Crippen LogP contribution in [-0.2, 0) is 9.53 Å². The molecule has 1 aliphatic rings. The largest absolute Gasteiger partial charge is 0.465 e. The van der Waals surface area contributed by atoms with Gasteiger partial charge in [-0.1, -0.05) is 19.9 Å². The van der Waals surface area contributed by atoms with E-state index in [1.807, 2.05) is 11.4 Å². The molecule has 2 aromatic heterocycles. The Morgan fingerprint density at radius 1 is 1.25 bits per heavy atom. The first-order valence-electron chi connectivity index (χ1n) is 11.1. The van der Waals surface area contributed by atoms with Gasteiger partial charge < -0.3 is 19.9 Å². The number of hydrogen-bond acceptors (Lipinski definition) is 5. The van der Waals surface area contributed by atoms with Crippen molar-refractivity contribution in [3.63, 3.8) is 0 Å². The molecule has 2 amide bonds. The van der Waals surface area contributed by atoms with Gasteiger partial charge in [-0.05, 0) is 55.5 Å². The topological polar surface area (TPSA) is 91.5 Å². The number of ether oxygens (including phenoxy) is 1. The van der Waals surface area contributed by atoms with E-state index >= 15 is 0 Å². The number of nitrogens with one attached hydrogen (secondary N) is 2. The van der Waals surface area contributed by atoms with Crippen LogP contribution in [0.4, 0.5) is 0 Å². The Hall–Kier alpha value is -2.61. The van der Waals surface area contributed by atoms with Gasteiger partial charge in [0.1, 0.15) is 5.69 Å². The number of rotatable bonds is 7. The first-order chi connectivity index (χ1) is 15.2. The van der Waals surface area contributed by atoms with Crippen LogP contribution in [0.3, 0.4) is 0 Å². The second-order valence-corrected chi connectivity index (χ2v) is 9.84. The third-order valence-corrected chi connectivity index (χ3v) is 7.20. The quantitative estimate of drug-likeness (QED) is 0.606. The van der Waals surface area contributed by atoms with Crippen LogP contribution in [-0.4, -0.2) is 47.9 Å². The molecule has 2 aromatic rings. The molecule has 1 fully saturated rings. The van der Waals surface area contributed by atoms with Crippen LogP contribution >= 0.6 is 11.3 Å². The minimum atomic E-state index is -0.442. The van der Waals surface area contributed by atoms with Gasteiger partial charge in [-0.2, -0.15) is 0 Å². The van der Waals surface area contributed by atoms with E-state index in [2.05, 4.69) is 30.2 Å². The number of aryl methyl sites for hydroxylation is 1. The Balaban J connectivity index is 1.55. The number of carbonyl (C=O) groups is 3. The number of H-pyrrole nitrogens is 1. The number of methoxy groups -OCH3 is 1. The number of esters is 1. The number of piperidine rings is 1. The number of aromatic amines is 1. The van der Waals surface area contributed by atoms with E-state index in [0.717, 1.165) is 12.8 Å². The summed E-state index contributed by atoms with van der Waals surface area (Å²) < 4.78 is 4.83. The number of aromatic nitrogens is 1. The summed E-state index contributed by atoms with van der Waals surface area (Å²) in [5, 5.41) is 5.23. The number of carbonyl (C=O) groups excluding carboxylic acids is 3. The highest BCUT2D eigenvalue weighted by molar-refractivity contribution is 7.10. The molecule has 8 heteroatoms. The molecule has 174 valence electrons. The zero-order valence-electron chi connectivity index (χ0n) is 19.5. The van der Waals surface area contributed by atoms with Gasteiger partial charge in [-0.25, -0.2) is 4.79 Å². The maximum Gasteiger partial charge on any atom is 0.339 e. The highest BCUT2D eigenvalue weighted by atomic mass is 32.1. The smallest absolute Gasteiger partial charge is 0.339 e. The standard InChI is InChI=1S/C24H33N3O4S/c1-14(2)21(18-7-6-12-32-18)26-19(28)13-17-8-10-27(11-9-17)23(29)22-15(3)20(16(4)25-22)24(30)31-5/h6-7,12,14,17,21,25H,8-11,13H2,1-5H3,(H,26,28)/t21-/m1/s1. The van der Waals surface area contributed by atoms with Crippen LogP contribution in [0.25, 0.3) is 0 Å². The van der Waals surface area contributed by atoms with Crippen molar-refractivity contribution >= 4 is 29.1 Å². The molecule has 32 heavy (non-hydrogen) atoms.